The Balaban J connectivity index is 1.45. The summed E-state index contributed by atoms with van der Waals surface area (Å²) >= 11 is 0. The summed E-state index contributed by atoms with van der Waals surface area (Å²) in [5, 5.41) is 2.70. The Labute approximate surface area is 206 Å². The molecule has 4 rings (SSSR count). The van der Waals surface area contributed by atoms with Gasteiger partial charge in [-0.3, -0.25) is 0 Å². The van der Waals surface area contributed by atoms with Crippen LogP contribution in [0.5, 0.6) is 0 Å². The van der Waals surface area contributed by atoms with Gasteiger partial charge in [-0.25, -0.2) is 9.59 Å². The number of hydrogen-bond donors (Lipinski definition) is 1. The van der Waals surface area contributed by atoms with Crippen molar-refractivity contribution in [1.29, 1.82) is 0 Å². The maximum Gasteiger partial charge on any atom is 0.407 e. The summed E-state index contributed by atoms with van der Waals surface area (Å²) in [5.74, 6) is -0.580. The summed E-state index contributed by atoms with van der Waals surface area (Å²) in [4.78, 5) is 25.2. The number of nitrogens with one attached hydrogen (secondary N) is 1. The van der Waals surface area contributed by atoms with E-state index in [1.807, 2.05) is 61.5 Å². The van der Waals surface area contributed by atoms with Crippen LogP contribution < -0.4 is 5.32 Å². The lowest BCUT2D eigenvalue weighted by Crippen LogP contribution is -2.43. The van der Waals surface area contributed by atoms with Crippen LogP contribution in [0.15, 0.2) is 85.5 Å². The smallest absolute Gasteiger partial charge is 0.407 e. The van der Waals surface area contributed by atoms with E-state index in [2.05, 4.69) is 36.2 Å². The first kappa shape index (κ1) is 24.0. The first-order chi connectivity index (χ1) is 17.0. The first-order valence-corrected chi connectivity index (χ1v) is 11.6. The predicted octanol–water partition coefficient (Wildman–Crippen LogP) is 5.82. The number of esters is 1. The Morgan fingerprint density at radius 2 is 1.69 bits per heavy atom. The molecule has 1 aliphatic rings. The van der Waals surface area contributed by atoms with Crippen LogP contribution in [0.25, 0.3) is 17.2 Å². The van der Waals surface area contributed by atoms with E-state index in [1.54, 1.807) is 6.08 Å². The van der Waals surface area contributed by atoms with Crippen molar-refractivity contribution in [2.75, 3.05) is 13.7 Å². The largest absolute Gasteiger partial charge is 0.467 e. The van der Waals surface area contributed by atoms with E-state index in [-0.39, 0.29) is 18.9 Å². The molecule has 0 unspecified atom stereocenters. The zero-order valence-electron chi connectivity index (χ0n) is 20.0. The van der Waals surface area contributed by atoms with Crippen molar-refractivity contribution < 1.29 is 19.1 Å². The predicted molar refractivity (Wildman–Crippen MR) is 138 cm³/mol. The molecule has 1 N–H and O–H groups in total. The molecule has 0 saturated heterocycles. The third-order valence-electron chi connectivity index (χ3n) is 6.32. The Bertz CT molecular complexity index is 1230. The van der Waals surface area contributed by atoms with E-state index in [0.717, 1.165) is 38.9 Å². The van der Waals surface area contributed by atoms with Crippen molar-refractivity contribution in [3.63, 3.8) is 0 Å². The van der Waals surface area contributed by atoms with Crippen LogP contribution in [0.4, 0.5) is 4.79 Å². The van der Waals surface area contributed by atoms with Crippen LogP contribution in [0, 0.1) is 6.92 Å². The number of carbonyl (C=O) groups excluding carboxylic acids is 2. The van der Waals surface area contributed by atoms with Gasteiger partial charge in [0.15, 0.2) is 0 Å². The van der Waals surface area contributed by atoms with Crippen LogP contribution in [-0.4, -0.2) is 31.8 Å². The molecule has 3 aromatic rings. The Kier molecular flexibility index (Phi) is 7.46. The van der Waals surface area contributed by atoms with Crippen molar-refractivity contribution in [2.24, 2.45) is 0 Å². The monoisotopic (exact) mass is 467 g/mol. The summed E-state index contributed by atoms with van der Waals surface area (Å²) in [7, 11) is 1.31. The molecule has 0 spiro atoms. The fraction of sp³-hybridized carbons (Fsp3) is 0.200. The number of alkyl carbamates (subject to hydrolysis) is 1. The Morgan fingerprint density at radius 1 is 1.03 bits per heavy atom. The second kappa shape index (κ2) is 10.9. The second-order valence-corrected chi connectivity index (χ2v) is 8.54. The lowest BCUT2D eigenvalue weighted by molar-refractivity contribution is -0.143. The number of rotatable bonds is 8. The van der Waals surface area contributed by atoms with E-state index in [1.165, 1.54) is 7.11 Å². The van der Waals surface area contributed by atoms with Crippen LogP contribution in [0.2, 0.25) is 0 Å². The number of ether oxygens (including phenoxy) is 2. The topological polar surface area (TPSA) is 64.6 Å². The van der Waals surface area contributed by atoms with E-state index in [0.29, 0.717) is 0 Å². The molecule has 0 saturated carbocycles. The van der Waals surface area contributed by atoms with Gasteiger partial charge in [0.2, 0.25) is 0 Å². The maximum absolute atomic E-state index is 12.7. The summed E-state index contributed by atoms with van der Waals surface area (Å²) in [5.41, 5.74) is 7.60. The van der Waals surface area contributed by atoms with Crippen molar-refractivity contribution in [3.8, 4) is 11.1 Å². The van der Waals surface area contributed by atoms with Gasteiger partial charge in [0.05, 0.1) is 7.11 Å². The lowest BCUT2D eigenvalue weighted by atomic mass is 9.98. The van der Waals surface area contributed by atoms with Gasteiger partial charge in [-0.2, -0.15) is 0 Å². The first-order valence-electron chi connectivity index (χ1n) is 11.6. The molecule has 1 amide bonds. The molecular weight excluding hydrogens is 438 g/mol. The normalized spacial score (nSPS) is 13.1. The zero-order chi connectivity index (χ0) is 24.8. The number of fused-ring (bicyclic) bond motifs is 3. The highest BCUT2D eigenvalue weighted by Gasteiger charge is 2.30. The van der Waals surface area contributed by atoms with Crippen molar-refractivity contribution in [2.45, 2.75) is 25.3 Å². The lowest BCUT2D eigenvalue weighted by Gasteiger charge is -2.19. The van der Waals surface area contributed by atoms with Crippen molar-refractivity contribution >= 4 is 18.1 Å². The minimum atomic E-state index is -0.866. The molecule has 0 heterocycles. The maximum atomic E-state index is 12.7. The van der Waals surface area contributed by atoms with E-state index >= 15 is 0 Å². The number of benzene rings is 3. The Morgan fingerprint density at radius 3 is 2.31 bits per heavy atom. The minimum Gasteiger partial charge on any atom is -0.467 e. The zero-order valence-corrected chi connectivity index (χ0v) is 20.0. The molecule has 1 atom stereocenters. The van der Waals surface area contributed by atoms with Crippen molar-refractivity contribution in [1.82, 2.24) is 5.32 Å². The molecule has 0 aromatic heterocycles. The van der Waals surface area contributed by atoms with Gasteiger partial charge in [-0.05, 0) is 45.9 Å². The van der Waals surface area contributed by atoms with Crippen molar-refractivity contribution in [3.05, 3.63) is 113 Å². The highest BCUT2D eigenvalue weighted by molar-refractivity contribution is 5.82. The third-order valence-corrected chi connectivity index (χ3v) is 6.32. The average molecular weight is 468 g/mol. The molecule has 1 aliphatic carbocycles. The number of amides is 1. The summed E-state index contributed by atoms with van der Waals surface area (Å²) in [6.07, 6.45) is 5.16. The van der Waals surface area contributed by atoms with Crippen LogP contribution in [0.1, 0.15) is 33.7 Å². The number of methoxy groups -OCH3 is 1. The highest BCUT2D eigenvalue weighted by atomic mass is 16.6. The summed E-state index contributed by atoms with van der Waals surface area (Å²) in [6, 6.07) is 21.4. The molecule has 0 bridgehead atoms. The molecule has 0 fully saturated rings. The molecule has 5 nitrogen and oxygen atoms in total. The number of allylic oxidation sites excluding steroid dienone is 2. The number of aryl methyl sites for hydroxylation is 1. The molecule has 5 heteroatoms. The SMILES string of the molecule is C=C/C=C\c1cc(C[C@H](NC(=O)OCC2c3ccccc3-c3ccccc32)C(=O)OC)ccc1C. The van der Waals surface area contributed by atoms with Crippen LogP contribution in [0.3, 0.4) is 0 Å². The molecule has 178 valence electrons. The van der Waals surface area contributed by atoms with Gasteiger partial charge in [0.25, 0.3) is 0 Å². The molecule has 35 heavy (non-hydrogen) atoms. The summed E-state index contributed by atoms with van der Waals surface area (Å²) < 4.78 is 10.6. The molecule has 0 aliphatic heterocycles. The van der Waals surface area contributed by atoms with Gasteiger partial charge in [0, 0.05) is 12.3 Å². The second-order valence-electron chi connectivity index (χ2n) is 8.54. The number of carbonyl (C=O) groups is 2. The highest BCUT2D eigenvalue weighted by Crippen LogP contribution is 2.44. The number of hydrogen-bond acceptors (Lipinski definition) is 4. The van der Waals surface area contributed by atoms with Gasteiger partial charge in [-0.15, -0.1) is 0 Å². The fourth-order valence-electron chi connectivity index (χ4n) is 4.52. The van der Waals surface area contributed by atoms with Gasteiger partial charge >= 0.3 is 12.1 Å². The summed E-state index contributed by atoms with van der Waals surface area (Å²) in [6.45, 7) is 5.89. The van der Waals surface area contributed by atoms with Gasteiger partial charge < -0.3 is 14.8 Å². The van der Waals surface area contributed by atoms with Crippen LogP contribution >= 0.6 is 0 Å². The third kappa shape index (κ3) is 5.35. The minimum absolute atomic E-state index is 0.0546. The van der Waals surface area contributed by atoms with E-state index < -0.39 is 18.1 Å². The standard InChI is InChI=1S/C30H29NO4/c1-4-5-10-22-17-21(16-15-20(22)2)18-28(29(32)34-3)31-30(33)35-19-27-25-13-8-6-11-23(25)24-12-7-9-14-26(24)27/h4-17,27-28H,1,18-19H2,2-3H3,(H,31,33)/b10-5-/t28-/m0/s1. The molecule has 3 aromatic carbocycles. The van der Waals surface area contributed by atoms with Gasteiger partial charge in [-0.1, -0.05) is 91.5 Å². The quantitative estimate of drug-likeness (QED) is 0.335. The Hall–Kier alpha value is -4.12. The fourth-order valence-corrected chi connectivity index (χ4v) is 4.52. The average Bonchev–Trinajstić information content (AvgIpc) is 3.20. The van der Waals surface area contributed by atoms with Crippen LogP contribution in [-0.2, 0) is 20.7 Å². The molecular formula is C30H29NO4. The van der Waals surface area contributed by atoms with E-state index in [9.17, 15) is 9.59 Å². The molecule has 0 radical (unpaired) electrons. The van der Waals surface area contributed by atoms with E-state index in [4.69, 9.17) is 9.47 Å². The van der Waals surface area contributed by atoms with Gasteiger partial charge in [0.1, 0.15) is 12.6 Å².